The zero-order chi connectivity index (χ0) is 86.1. The van der Waals surface area contributed by atoms with Crippen molar-refractivity contribution in [3.63, 3.8) is 0 Å². The molecule has 4 unspecified atom stereocenters. The normalized spacial score (nSPS) is 18.3. The first-order valence-corrected chi connectivity index (χ1v) is 42.7. The molecule has 0 radical (unpaired) electrons. The Morgan fingerprint density at radius 1 is 0.379 bits per heavy atom. The maximum absolute atomic E-state index is 14.7. The highest BCUT2D eigenvalue weighted by Gasteiger charge is 2.37. The topological polar surface area (TPSA) is 309 Å². The third-order valence-electron chi connectivity index (χ3n) is 24.1. The van der Waals surface area contributed by atoms with Gasteiger partial charge < -0.3 is 59.8 Å². The minimum atomic E-state index is -0.362. The van der Waals surface area contributed by atoms with Crippen LogP contribution in [0.15, 0.2) is 122 Å². The highest BCUT2D eigenvalue weighted by atomic mass is 35.5. The molecule has 124 heavy (non-hydrogen) atoms. The molecule has 4 amide bonds. The minimum Gasteiger partial charge on any atom is -0.379 e. The van der Waals surface area contributed by atoms with Crippen LogP contribution >= 0.6 is 23.2 Å². The van der Waals surface area contributed by atoms with Gasteiger partial charge in [-0.1, -0.05) is 41.4 Å². The molecule has 4 aromatic carbocycles. The van der Waals surface area contributed by atoms with E-state index in [0.29, 0.717) is 118 Å². The summed E-state index contributed by atoms with van der Waals surface area (Å²) in [5.74, 6) is 2.31. The lowest BCUT2D eigenvalue weighted by Crippen LogP contribution is -2.35. The van der Waals surface area contributed by atoms with E-state index in [0.717, 1.165) is 172 Å². The van der Waals surface area contributed by atoms with Crippen molar-refractivity contribution in [1.82, 2.24) is 97.8 Å². The standard InChI is InChI=1S/2C22H25ClN6O2.2C22H25FN6O2/c1-14(30)28-7-5-21-19(12-28)22(26-29(21)17-6-8-31-13-17)25-16-3-4-18(20(23)9-16)15-10-24-27(2)11-15;1-14(30)28-7-5-21-18(12-28)22(26-29(21)17-6-8-31-13-17)25-20-4-3-15(9-19(20)23)16-10-24-27(2)11-16;1-14(30)28-5-3-21-20(12-28)22(26-29(21)19-4-6-31-13-19)25-18-8-15(7-17(23)9-18)16-10-24-27(2)11-16;1-14(30)28-7-5-21-18(12-28)22(26-29(21)17-6-8-31-13-17)25-20-9-15(3-4-19(20)23)16-10-24-27(2)11-16/h2*3-4,9-11,17H,5-8,12-13H2,1-2H3,(H,25,26);7-11,19H,3-6,12-13H2,1-2H3,(H,25,26);3-4,9-11,17H,5-8,12-13H2,1-2H3,(H,25,26). The Morgan fingerprint density at radius 2 is 0.742 bits per heavy atom. The smallest absolute Gasteiger partial charge is 0.219 e. The first kappa shape index (κ1) is 84.1. The molecule has 12 aromatic rings. The SMILES string of the molecule is CC(=O)N1CCc2c(c(Nc3cc(-c4cnn(C)c4)ccc3F)nn2C2CCOC2)C1.CC(=O)N1CCc2c(c(Nc3cc(F)cc(-c4cnn(C)c4)c3)nn2C2CCOC2)C1.CC(=O)N1CCc2c(c(Nc3ccc(-c4cnn(C)c4)c(Cl)c3)nn2C2CCOC2)C1.CC(=O)N1CCc2c(c(Nc3ccc(-c4cnn(C)c4)cc3Cl)nn2C2CCOC2)C1. The summed E-state index contributed by atoms with van der Waals surface area (Å²) in [5.41, 5.74) is 18.5. The van der Waals surface area contributed by atoms with E-state index < -0.39 is 0 Å². The predicted octanol–water partition coefficient (Wildman–Crippen LogP) is 13.2. The van der Waals surface area contributed by atoms with E-state index in [4.69, 9.17) is 62.5 Å². The van der Waals surface area contributed by atoms with Crippen LogP contribution in [-0.2, 0) is 118 Å². The number of halogens is 4. The largest absolute Gasteiger partial charge is 0.379 e. The number of carbonyl (C=O) groups is 4. The fraction of sp³-hybridized carbons (Fsp3) is 0.409. The Balaban J connectivity index is 0.000000117. The van der Waals surface area contributed by atoms with E-state index in [-0.39, 0.29) is 59.4 Å². The fourth-order valence-corrected chi connectivity index (χ4v) is 17.9. The van der Waals surface area contributed by atoms with E-state index in [1.807, 2.05) is 126 Å². The molecule has 32 nitrogen and oxygen atoms in total. The van der Waals surface area contributed by atoms with Crippen LogP contribution in [0, 0.1) is 11.6 Å². The van der Waals surface area contributed by atoms with Gasteiger partial charge in [0.05, 0.1) is 123 Å². The van der Waals surface area contributed by atoms with Crippen LogP contribution in [-0.4, -0.2) is 201 Å². The number of nitrogens with one attached hydrogen (secondary N) is 4. The van der Waals surface area contributed by atoms with E-state index in [1.165, 1.54) is 29.6 Å². The van der Waals surface area contributed by atoms with Crippen molar-refractivity contribution < 1.29 is 46.9 Å². The minimum absolute atomic E-state index is 0.0262. The molecular weight excluding hydrogens is 1630 g/mol. The van der Waals surface area contributed by atoms with Crippen LogP contribution in [0.3, 0.4) is 0 Å². The summed E-state index contributed by atoms with van der Waals surface area (Å²) in [7, 11) is 7.44. The van der Waals surface area contributed by atoms with E-state index >= 15 is 0 Å². The molecule has 36 heteroatoms. The molecule has 0 saturated carbocycles. The molecule has 16 heterocycles. The number of aromatic nitrogens is 16. The average Bonchev–Trinajstić information content (AvgIpc) is 1.63. The molecule has 648 valence electrons. The lowest BCUT2D eigenvalue weighted by Gasteiger charge is -2.27. The first-order valence-electron chi connectivity index (χ1n) is 41.9. The molecular formula is C88H100Cl2F2N24O8. The Bertz CT molecular complexity index is 5950. The van der Waals surface area contributed by atoms with Crippen molar-refractivity contribution >= 4 is 92.9 Å². The van der Waals surface area contributed by atoms with Gasteiger partial charge in [0.25, 0.3) is 0 Å². The number of amides is 4. The Morgan fingerprint density at radius 3 is 1.10 bits per heavy atom. The van der Waals surface area contributed by atoms with Gasteiger partial charge in [-0.15, -0.1) is 0 Å². The third kappa shape index (κ3) is 18.3. The summed E-state index contributed by atoms with van der Waals surface area (Å²) < 4.78 is 66.6. The summed E-state index contributed by atoms with van der Waals surface area (Å²) in [5, 5.41) is 50.9. The zero-order valence-electron chi connectivity index (χ0n) is 70.5. The van der Waals surface area contributed by atoms with Crippen molar-refractivity contribution in [3.05, 3.63) is 189 Å². The fourth-order valence-electron chi connectivity index (χ4n) is 17.4. The molecule has 8 aromatic heterocycles. The molecule has 4 N–H and O–H groups in total. The lowest BCUT2D eigenvalue weighted by atomic mass is 10.1. The van der Waals surface area contributed by atoms with E-state index in [9.17, 15) is 28.0 Å². The van der Waals surface area contributed by atoms with Crippen LogP contribution < -0.4 is 21.3 Å². The first-order chi connectivity index (χ1) is 59.9. The second-order valence-corrected chi connectivity index (χ2v) is 33.4. The summed E-state index contributed by atoms with van der Waals surface area (Å²) in [6.07, 6.45) is 21.4. The molecule has 0 spiro atoms. The van der Waals surface area contributed by atoms with Crippen molar-refractivity contribution in [2.75, 3.05) is 100 Å². The molecule has 8 aliphatic rings. The highest BCUT2D eigenvalue weighted by molar-refractivity contribution is 6.34. The van der Waals surface area contributed by atoms with Crippen molar-refractivity contribution in [1.29, 1.82) is 0 Å². The number of aryl methyl sites for hydroxylation is 4. The van der Waals surface area contributed by atoms with E-state index in [2.05, 4.69) is 51.0 Å². The maximum Gasteiger partial charge on any atom is 0.219 e. The number of anilines is 8. The molecule has 0 aliphatic carbocycles. The van der Waals surface area contributed by atoms with Crippen LogP contribution in [0.2, 0.25) is 10.0 Å². The van der Waals surface area contributed by atoms with Gasteiger partial charge in [0.1, 0.15) is 11.6 Å². The Labute approximate surface area is 725 Å². The monoisotopic (exact) mass is 1730 g/mol. The number of fused-ring (bicyclic) bond motifs is 4. The van der Waals surface area contributed by atoms with Gasteiger partial charge in [0, 0.05) is 243 Å². The summed E-state index contributed by atoms with van der Waals surface area (Å²) in [6.45, 7) is 16.7. The molecule has 4 atom stereocenters. The van der Waals surface area contributed by atoms with Gasteiger partial charge in [-0.2, -0.15) is 40.8 Å². The molecule has 4 saturated heterocycles. The third-order valence-corrected chi connectivity index (χ3v) is 24.7. The molecule has 20 rings (SSSR count). The van der Waals surface area contributed by atoms with Crippen LogP contribution in [0.4, 0.5) is 54.8 Å². The van der Waals surface area contributed by atoms with Gasteiger partial charge in [0.15, 0.2) is 23.3 Å². The number of nitrogens with zero attached hydrogens (tertiary/aromatic N) is 20. The highest BCUT2D eigenvalue weighted by Crippen LogP contribution is 2.42. The Hall–Kier alpha value is -12.1. The number of hydrogen-bond donors (Lipinski definition) is 4. The summed E-state index contributed by atoms with van der Waals surface area (Å²) in [6, 6.07) is 22.4. The van der Waals surface area contributed by atoms with Gasteiger partial charge in [-0.05, 0) is 97.0 Å². The quantitative estimate of drug-likeness (QED) is 0.0698. The van der Waals surface area contributed by atoms with Gasteiger partial charge in [-0.3, -0.25) is 56.6 Å². The number of hydrogen-bond acceptors (Lipinski definition) is 20. The van der Waals surface area contributed by atoms with Gasteiger partial charge in [-0.25, -0.2) is 8.78 Å². The van der Waals surface area contributed by atoms with Crippen LogP contribution in [0.25, 0.3) is 44.5 Å². The Kier molecular flexibility index (Phi) is 24.7. The van der Waals surface area contributed by atoms with Crippen molar-refractivity contribution in [2.24, 2.45) is 28.2 Å². The van der Waals surface area contributed by atoms with Gasteiger partial charge >= 0.3 is 0 Å². The zero-order valence-corrected chi connectivity index (χ0v) is 72.1. The van der Waals surface area contributed by atoms with Crippen molar-refractivity contribution in [3.8, 4) is 44.5 Å². The predicted molar refractivity (Wildman–Crippen MR) is 464 cm³/mol. The van der Waals surface area contributed by atoms with Gasteiger partial charge in [0.2, 0.25) is 23.6 Å². The summed E-state index contributed by atoms with van der Waals surface area (Å²) in [4.78, 5) is 55.3. The molecule has 0 bridgehead atoms. The second kappa shape index (κ2) is 36.4. The van der Waals surface area contributed by atoms with Crippen molar-refractivity contribution in [2.45, 2.75) is 129 Å². The van der Waals surface area contributed by atoms with Crippen LogP contribution in [0.1, 0.15) is 123 Å². The maximum atomic E-state index is 14.7. The second-order valence-electron chi connectivity index (χ2n) is 32.6. The number of rotatable bonds is 16. The molecule has 8 aliphatic heterocycles. The number of carbonyl (C=O) groups excluding carboxylic acids is 4. The van der Waals surface area contributed by atoms with Crippen LogP contribution in [0.5, 0.6) is 0 Å². The lowest BCUT2D eigenvalue weighted by molar-refractivity contribution is -0.130. The summed E-state index contributed by atoms with van der Waals surface area (Å²) >= 11 is 13.2. The molecule has 4 fully saturated rings. The number of benzene rings is 4. The average molecular weight is 1730 g/mol. The van der Waals surface area contributed by atoms with E-state index in [1.54, 1.807) is 82.0 Å². The number of ether oxygens (including phenoxy) is 4.